The Morgan fingerprint density at radius 2 is 1.93 bits per heavy atom. The Hall–Kier alpha value is -2.39. The van der Waals surface area contributed by atoms with Gasteiger partial charge in [-0.25, -0.2) is 9.67 Å². The largest absolute Gasteiger partial charge is 0.418 e. The molecule has 0 aliphatic heterocycles. The van der Waals surface area contributed by atoms with Crippen molar-refractivity contribution in [3.05, 3.63) is 70.6 Å². The summed E-state index contributed by atoms with van der Waals surface area (Å²) in [5.74, 6) is 1.63. The third-order valence-electron chi connectivity index (χ3n) is 4.56. The smallest absolute Gasteiger partial charge is 0.256 e. The third kappa shape index (κ3) is 4.09. The van der Waals surface area contributed by atoms with Gasteiger partial charge in [-0.05, 0) is 36.6 Å². The number of hydrogen-bond donors (Lipinski definition) is 0. The first-order valence-corrected chi connectivity index (χ1v) is 11.2. The van der Waals surface area contributed by atoms with Gasteiger partial charge in [-0.2, -0.15) is 30.0 Å². The molecule has 154 valence electrons. The normalized spacial score (nSPS) is 11.9. The Morgan fingerprint density at radius 1 is 1.10 bits per heavy atom. The number of aryl methyl sites for hydroxylation is 1. The van der Waals surface area contributed by atoms with E-state index in [0.717, 1.165) is 22.7 Å². The van der Waals surface area contributed by atoms with Crippen LogP contribution < -0.4 is 0 Å². The maximum atomic E-state index is 13.8. The number of alkyl halides is 3. The standard InChI is InChI=1S/C21H16BrF3N4S/c1-30-11-9-19-27-20(15-4-2-6-17-14(15)5-3-10-26-17)29(28-19)18-8-7-13(22)12-16(18)21(23,24)25/h2-8,10,12H,9,11H2,1H3. The second-order valence-corrected chi connectivity index (χ2v) is 8.44. The van der Waals surface area contributed by atoms with Crippen LogP contribution in [0.4, 0.5) is 13.2 Å². The van der Waals surface area contributed by atoms with Gasteiger partial charge in [-0.1, -0.05) is 34.1 Å². The Morgan fingerprint density at radius 3 is 2.70 bits per heavy atom. The lowest BCUT2D eigenvalue weighted by Gasteiger charge is -2.15. The van der Waals surface area contributed by atoms with E-state index in [2.05, 4.69) is 31.0 Å². The second kappa shape index (κ2) is 8.39. The topological polar surface area (TPSA) is 43.6 Å². The quantitative estimate of drug-likeness (QED) is 0.334. The second-order valence-electron chi connectivity index (χ2n) is 6.54. The van der Waals surface area contributed by atoms with Gasteiger partial charge in [0, 0.05) is 33.8 Å². The van der Waals surface area contributed by atoms with Crippen molar-refractivity contribution in [1.29, 1.82) is 0 Å². The molecular weight excluding hydrogens is 477 g/mol. The molecule has 4 aromatic rings. The van der Waals surface area contributed by atoms with E-state index < -0.39 is 11.7 Å². The zero-order chi connectivity index (χ0) is 21.3. The van der Waals surface area contributed by atoms with E-state index in [1.54, 1.807) is 30.1 Å². The molecular formula is C21H16BrF3N4S. The fourth-order valence-corrected chi connectivity index (χ4v) is 3.96. The lowest BCUT2D eigenvalue weighted by molar-refractivity contribution is -0.137. The maximum absolute atomic E-state index is 13.8. The number of benzene rings is 2. The summed E-state index contributed by atoms with van der Waals surface area (Å²) in [4.78, 5) is 8.97. The first-order valence-electron chi connectivity index (χ1n) is 9.04. The van der Waals surface area contributed by atoms with Crippen molar-refractivity contribution in [3.8, 4) is 17.1 Å². The van der Waals surface area contributed by atoms with Gasteiger partial charge in [-0.15, -0.1) is 0 Å². The molecule has 0 fully saturated rings. The van der Waals surface area contributed by atoms with Crippen LogP contribution in [0.25, 0.3) is 28.0 Å². The van der Waals surface area contributed by atoms with E-state index in [0.29, 0.717) is 28.1 Å². The summed E-state index contributed by atoms with van der Waals surface area (Å²) in [6, 6.07) is 13.2. The molecule has 30 heavy (non-hydrogen) atoms. The van der Waals surface area contributed by atoms with Crippen molar-refractivity contribution < 1.29 is 13.2 Å². The minimum atomic E-state index is -4.54. The van der Waals surface area contributed by atoms with E-state index in [4.69, 9.17) is 0 Å². The van der Waals surface area contributed by atoms with Crippen molar-refractivity contribution in [2.75, 3.05) is 12.0 Å². The predicted molar refractivity (Wildman–Crippen MR) is 117 cm³/mol. The van der Waals surface area contributed by atoms with Crippen LogP contribution in [0.1, 0.15) is 11.4 Å². The maximum Gasteiger partial charge on any atom is 0.418 e. The predicted octanol–water partition coefficient (Wildman–Crippen LogP) is 6.17. The number of thioether (sulfide) groups is 1. The average molecular weight is 493 g/mol. The van der Waals surface area contributed by atoms with E-state index in [-0.39, 0.29) is 5.69 Å². The molecule has 0 aliphatic rings. The van der Waals surface area contributed by atoms with E-state index >= 15 is 0 Å². The van der Waals surface area contributed by atoms with Crippen LogP contribution in [-0.4, -0.2) is 31.8 Å². The van der Waals surface area contributed by atoms with Crippen LogP contribution in [0.15, 0.2) is 59.2 Å². The number of fused-ring (bicyclic) bond motifs is 1. The molecule has 0 amide bonds. The number of nitrogens with zero attached hydrogens (tertiary/aromatic N) is 4. The number of hydrogen-bond acceptors (Lipinski definition) is 4. The molecule has 0 radical (unpaired) electrons. The van der Waals surface area contributed by atoms with E-state index in [1.807, 2.05) is 30.5 Å². The summed E-state index contributed by atoms with van der Waals surface area (Å²) in [5.41, 5.74) is 0.573. The van der Waals surface area contributed by atoms with Crippen LogP contribution in [0.5, 0.6) is 0 Å². The van der Waals surface area contributed by atoms with Crippen molar-refractivity contribution in [1.82, 2.24) is 19.7 Å². The molecule has 4 rings (SSSR count). The molecule has 0 aliphatic carbocycles. The highest BCUT2D eigenvalue weighted by Gasteiger charge is 2.35. The summed E-state index contributed by atoms with van der Waals surface area (Å²) in [6.07, 6.45) is -0.341. The highest BCUT2D eigenvalue weighted by atomic mass is 79.9. The van der Waals surface area contributed by atoms with Crippen molar-refractivity contribution in [2.45, 2.75) is 12.6 Å². The van der Waals surface area contributed by atoms with Gasteiger partial charge in [0.05, 0.1) is 16.8 Å². The zero-order valence-corrected chi connectivity index (χ0v) is 18.2. The highest BCUT2D eigenvalue weighted by Crippen LogP contribution is 2.37. The van der Waals surface area contributed by atoms with Crippen LogP contribution in [0.3, 0.4) is 0 Å². The summed E-state index contributed by atoms with van der Waals surface area (Å²) in [7, 11) is 0. The van der Waals surface area contributed by atoms with E-state index in [9.17, 15) is 13.2 Å². The minimum absolute atomic E-state index is 0.0653. The van der Waals surface area contributed by atoms with Gasteiger partial charge in [-0.3, -0.25) is 4.98 Å². The van der Waals surface area contributed by atoms with Crippen molar-refractivity contribution >= 4 is 38.6 Å². The highest BCUT2D eigenvalue weighted by molar-refractivity contribution is 9.10. The third-order valence-corrected chi connectivity index (χ3v) is 5.67. The Labute approximate surface area is 183 Å². The fraction of sp³-hybridized carbons (Fsp3) is 0.190. The number of halogens is 4. The molecule has 0 atom stereocenters. The van der Waals surface area contributed by atoms with Crippen LogP contribution in [0, 0.1) is 0 Å². The molecule has 0 saturated heterocycles. The lowest BCUT2D eigenvalue weighted by atomic mass is 10.1. The van der Waals surface area contributed by atoms with Crippen LogP contribution in [-0.2, 0) is 12.6 Å². The molecule has 0 spiro atoms. The number of aromatic nitrogens is 4. The summed E-state index contributed by atoms with van der Waals surface area (Å²) >= 11 is 4.77. The Balaban J connectivity index is 1.99. The number of rotatable bonds is 5. The molecule has 0 N–H and O–H groups in total. The van der Waals surface area contributed by atoms with Crippen molar-refractivity contribution in [3.63, 3.8) is 0 Å². The first-order chi connectivity index (χ1) is 14.4. The Kier molecular flexibility index (Phi) is 5.84. The van der Waals surface area contributed by atoms with Gasteiger partial charge >= 0.3 is 6.18 Å². The Bertz CT molecular complexity index is 1200. The monoisotopic (exact) mass is 492 g/mol. The van der Waals surface area contributed by atoms with Gasteiger partial charge in [0.25, 0.3) is 0 Å². The molecule has 0 bridgehead atoms. The molecule has 0 saturated carbocycles. The molecule has 9 heteroatoms. The van der Waals surface area contributed by atoms with Gasteiger partial charge in [0.2, 0.25) is 0 Å². The van der Waals surface area contributed by atoms with Crippen LogP contribution >= 0.6 is 27.7 Å². The molecule has 0 unspecified atom stereocenters. The summed E-state index contributed by atoms with van der Waals surface area (Å²) in [5, 5.41) is 5.26. The van der Waals surface area contributed by atoms with Crippen molar-refractivity contribution in [2.24, 2.45) is 0 Å². The molecule has 2 aromatic heterocycles. The average Bonchev–Trinajstić information content (AvgIpc) is 3.15. The zero-order valence-electron chi connectivity index (χ0n) is 15.8. The first kappa shape index (κ1) is 20.9. The van der Waals surface area contributed by atoms with E-state index in [1.165, 1.54) is 10.7 Å². The van der Waals surface area contributed by atoms with Gasteiger partial charge in [0.1, 0.15) is 0 Å². The minimum Gasteiger partial charge on any atom is -0.256 e. The summed E-state index contributed by atoms with van der Waals surface area (Å²) in [6.45, 7) is 0. The lowest BCUT2D eigenvalue weighted by Crippen LogP contribution is -2.12. The molecule has 4 nitrogen and oxygen atoms in total. The van der Waals surface area contributed by atoms with Gasteiger partial charge in [0.15, 0.2) is 11.6 Å². The summed E-state index contributed by atoms with van der Waals surface area (Å²) < 4.78 is 43.1. The molecule has 2 aromatic carbocycles. The molecule has 2 heterocycles. The fourth-order valence-electron chi connectivity index (χ4n) is 3.21. The number of pyridine rings is 1. The SMILES string of the molecule is CSCCc1nc(-c2cccc3ncccc23)n(-c2ccc(Br)cc2C(F)(F)F)n1. The van der Waals surface area contributed by atoms with Gasteiger partial charge < -0.3 is 0 Å². The van der Waals surface area contributed by atoms with Crippen LogP contribution in [0.2, 0.25) is 0 Å².